The second-order valence-electron chi connectivity index (χ2n) is 11.6. The van der Waals surface area contributed by atoms with Crippen LogP contribution in [0.3, 0.4) is 0 Å². The molecule has 0 rings (SSSR count). The SMILES string of the molecule is CCCCCC/C=C\C/C=C\CCCCCCCCCC(=O)OC(CO)COCCCCCCCCCCCC. The lowest BCUT2D eigenvalue weighted by atomic mass is 10.1. The molecule has 0 aliphatic rings. The molecule has 0 spiro atoms. The number of aliphatic hydroxyl groups excluding tert-OH is 1. The fraction of sp³-hybridized carbons (Fsp3) is 0.861. The fourth-order valence-corrected chi connectivity index (χ4v) is 4.89. The van der Waals surface area contributed by atoms with Gasteiger partial charge in [0, 0.05) is 13.0 Å². The number of esters is 1. The average molecular weight is 565 g/mol. The molecule has 0 saturated carbocycles. The quantitative estimate of drug-likeness (QED) is 0.0501. The van der Waals surface area contributed by atoms with Gasteiger partial charge < -0.3 is 14.6 Å². The van der Waals surface area contributed by atoms with Gasteiger partial charge >= 0.3 is 5.97 Å². The van der Waals surface area contributed by atoms with Gasteiger partial charge in [0.1, 0.15) is 6.10 Å². The lowest BCUT2D eigenvalue weighted by Gasteiger charge is -2.16. The number of rotatable bonds is 32. The minimum absolute atomic E-state index is 0.172. The van der Waals surface area contributed by atoms with Crippen LogP contribution in [0.2, 0.25) is 0 Å². The van der Waals surface area contributed by atoms with Crippen molar-refractivity contribution in [1.29, 1.82) is 0 Å². The van der Waals surface area contributed by atoms with E-state index in [1.165, 1.54) is 128 Å². The lowest BCUT2D eigenvalue weighted by molar-refractivity contribution is -0.154. The van der Waals surface area contributed by atoms with Crippen LogP contribution in [0.5, 0.6) is 0 Å². The number of hydrogen-bond donors (Lipinski definition) is 1. The molecule has 1 unspecified atom stereocenters. The number of allylic oxidation sites excluding steroid dienone is 4. The highest BCUT2D eigenvalue weighted by atomic mass is 16.6. The van der Waals surface area contributed by atoms with E-state index in [9.17, 15) is 9.90 Å². The fourth-order valence-electron chi connectivity index (χ4n) is 4.89. The first kappa shape index (κ1) is 38.9. The van der Waals surface area contributed by atoms with Crippen molar-refractivity contribution in [1.82, 2.24) is 0 Å². The highest BCUT2D eigenvalue weighted by Crippen LogP contribution is 2.12. The van der Waals surface area contributed by atoms with Crippen LogP contribution in [-0.4, -0.2) is 37.0 Å². The van der Waals surface area contributed by atoms with Gasteiger partial charge in [-0.15, -0.1) is 0 Å². The van der Waals surface area contributed by atoms with Crippen LogP contribution in [0.1, 0.15) is 174 Å². The average Bonchev–Trinajstić information content (AvgIpc) is 2.96. The number of hydrogen-bond acceptors (Lipinski definition) is 4. The summed E-state index contributed by atoms with van der Waals surface area (Å²) in [7, 11) is 0. The molecule has 0 aliphatic heterocycles. The van der Waals surface area contributed by atoms with Crippen LogP contribution < -0.4 is 0 Å². The monoisotopic (exact) mass is 565 g/mol. The molecule has 0 radical (unpaired) electrons. The molecule has 0 fully saturated rings. The Balaban J connectivity index is 3.46. The maximum absolute atomic E-state index is 12.1. The summed E-state index contributed by atoms with van der Waals surface area (Å²) in [6.45, 7) is 5.32. The predicted octanol–water partition coefficient (Wildman–Crippen LogP) is 10.8. The number of unbranched alkanes of at least 4 members (excludes halogenated alkanes) is 20. The van der Waals surface area contributed by atoms with Gasteiger partial charge in [0.25, 0.3) is 0 Å². The predicted molar refractivity (Wildman–Crippen MR) is 173 cm³/mol. The molecule has 4 heteroatoms. The van der Waals surface area contributed by atoms with E-state index in [4.69, 9.17) is 9.47 Å². The standard InChI is InChI=1S/C36H68O4/c1-3-5-7-9-11-13-15-16-17-18-19-20-21-22-23-25-27-29-31-36(38)40-35(33-37)34-39-32-30-28-26-24-14-12-10-8-6-4-2/h13,15,17-18,35,37H,3-12,14,16,19-34H2,1-2H3/b15-13-,18-17-. The Hall–Kier alpha value is -1.13. The Bertz CT molecular complexity index is 557. The Kier molecular flexibility index (Phi) is 33.1. The van der Waals surface area contributed by atoms with Gasteiger partial charge in [-0.3, -0.25) is 4.79 Å². The highest BCUT2D eigenvalue weighted by molar-refractivity contribution is 5.69. The third kappa shape index (κ3) is 31.4. The van der Waals surface area contributed by atoms with Crippen molar-refractivity contribution >= 4 is 5.97 Å². The van der Waals surface area contributed by atoms with Crippen molar-refractivity contribution < 1.29 is 19.4 Å². The molecular formula is C36H68O4. The molecule has 236 valence electrons. The van der Waals surface area contributed by atoms with E-state index in [2.05, 4.69) is 38.2 Å². The van der Waals surface area contributed by atoms with E-state index in [0.29, 0.717) is 19.6 Å². The van der Waals surface area contributed by atoms with E-state index in [0.717, 1.165) is 25.7 Å². The van der Waals surface area contributed by atoms with Crippen LogP contribution in [0, 0.1) is 0 Å². The van der Waals surface area contributed by atoms with Crippen molar-refractivity contribution in [2.24, 2.45) is 0 Å². The smallest absolute Gasteiger partial charge is 0.306 e. The molecule has 0 bridgehead atoms. The normalized spacial score (nSPS) is 12.6. The molecule has 1 N–H and O–H groups in total. The van der Waals surface area contributed by atoms with Crippen LogP contribution in [0.4, 0.5) is 0 Å². The molecule has 1 atom stereocenters. The number of aliphatic hydroxyl groups is 1. The first-order valence-electron chi connectivity index (χ1n) is 17.4. The molecule has 0 aromatic heterocycles. The summed E-state index contributed by atoms with van der Waals surface area (Å²) in [6.07, 6.45) is 39.2. The van der Waals surface area contributed by atoms with E-state index in [-0.39, 0.29) is 12.6 Å². The van der Waals surface area contributed by atoms with Crippen LogP contribution in [-0.2, 0) is 14.3 Å². The minimum Gasteiger partial charge on any atom is -0.457 e. The molecule has 4 nitrogen and oxygen atoms in total. The third-order valence-electron chi connectivity index (χ3n) is 7.53. The maximum atomic E-state index is 12.1. The number of ether oxygens (including phenoxy) is 2. The molecule has 0 aromatic rings. The summed E-state index contributed by atoms with van der Waals surface area (Å²) in [6, 6.07) is 0. The van der Waals surface area contributed by atoms with Gasteiger partial charge in [0.2, 0.25) is 0 Å². The molecule has 0 aromatic carbocycles. The van der Waals surface area contributed by atoms with Gasteiger partial charge in [-0.05, 0) is 44.9 Å². The van der Waals surface area contributed by atoms with E-state index in [1.807, 2.05) is 0 Å². The zero-order valence-electron chi connectivity index (χ0n) is 26.9. The first-order valence-corrected chi connectivity index (χ1v) is 17.4. The van der Waals surface area contributed by atoms with E-state index < -0.39 is 6.10 Å². The Morgan fingerprint density at radius 2 is 1.05 bits per heavy atom. The van der Waals surface area contributed by atoms with Crippen LogP contribution in [0.25, 0.3) is 0 Å². The third-order valence-corrected chi connectivity index (χ3v) is 7.53. The van der Waals surface area contributed by atoms with Gasteiger partial charge in [-0.1, -0.05) is 147 Å². The summed E-state index contributed by atoms with van der Waals surface area (Å²) >= 11 is 0. The summed E-state index contributed by atoms with van der Waals surface area (Å²) < 4.78 is 11.1. The number of carbonyl (C=O) groups is 1. The Labute approximate surface area is 249 Å². The zero-order chi connectivity index (χ0) is 29.2. The van der Waals surface area contributed by atoms with Gasteiger partial charge in [-0.25, -0.2) is 0 Å². The maximum Gasteiger partial charge on any atom is 0.306 e. The van der Waals surface area contributed by atoms with Crippen molar-refractivity contribution in [3.8, 4) is 0 Å². The van der Waals surface area contributed by atoms with E-state index in [1.54, 1.807) is 0 Å². The van der Waals surface area contributed by atoms with Crippen molar-refractivity contribution in [3.63, 3.8) is 0 Å². The first-order chi connectivity index (χ1) is 19.7. The highest BCUT2D eigenvalue weighted by Gasteiger charge is 2.13. The Morgan fingerprint density at radius 1 is 0.600 bits per heavy atom. The summed E-state index contributed by atoms with van der Waals surface area (Å²) in [5.41, 5.74) is 0. The second-order valence-corrected chi connectivity index (χ2v) is 11.6. The largest absolute Gasteiger partial charge is 0.457 e. The van der Waals surface area contributed by atoms with Crippen molar-refractivity contribution in [2.45, 2.75) is 180 Å². The topological polar surface area (TPSA) is 55.8 Å². The zero-order valence-corrected chi connectivity index (χ0v) is 26.9. The van der Waals surface area contributed by atoms with Gasteiger partial charge in [0.15, 0.2) is 0 Å². The molecule has 40 heavy (non-hydrogen) atoms. The van der Waals surface area contributed by atoms with Crippen molar-refractivity contribution in [2.75, 3.05) is 19.8 Å². The molecule has 0 saturated heterocycles. The van der Waals surface area contributed by atoms with Crippen molar-refractivity contribution in [3.05, 3.63) is 24.3 Å². The minimum atomic E-state index is -0.531. The number of carbonyl (C=O) groups excluding carboxylic acids is 1. The van der Waals surface area contributed by atoms with E-state index >= 15 is 0 Å². The molecule has 0 heterocycles. The Morgan fingerprint density at radius 3 is 1.57 bits per heavy atom. The molecule has 0 aliphatic carbocycles. The van der Waals surface area contributed by atoms with Crippen LogP contribution >= 0.6 is 0 Å². The van der Waals surface area contributed by atoms with Gasteiger partial charge in [0.05, 0.1) is 13.2 Å². The summed E-state index contributed by atoms with van der Waals surface area (Å²) in [4.78, 5) is 12.1. The van der Waals surface area contributed by atoms with Gasteiger partial charge in [-0.2, -0.15) is 0 Å². The molecular weight excluding hydrogens is 496 g/mol. The lowest BCUT2D eigenvalue weighted by Crippen LogP contribution is -2.27. The molecule has 0 amide bonds. The summed E-state index contributed by atoms with van der Waals surface area (Å²) in [5, 5.41) is 9.52. The second kappa shape index (κ2) is 34.1. The summed E-state index contributed by atoms with van der Waals surface area (Å²) in [5.74, 6) is -0.209. The van der Waals surface area contributed by atoms with Crippen LogP contribution in [0.15, 0.2) is 24.3 Å².